The van der Waals surface area contributed by atoms with Crippen LogP contribution in [0.1, 0.15) is 22.8 Å². The summed E-state index contributed by atoms with van der Waals surface area (Å²) in [7, 11) is 0. The molecule has 1 N–H and O–H groups in total. The fourth-order valence-electron chi connectivity index (χ4n) is 7.50. The molecule has 0 atom stereocenters. The van der Waals surface area contributed by atoms with Crippen molar-refractivity contribution in [3.8, 4) is 22.9 Å². The second kappa shape index (κ2) is 15.5. The van der Waals surface area contributed by atoms with Gasteiger partial charge in [0.1, 0.15) is 5.82 Å². The molecule has 0 unspecified atom stereocenters. The van der Waals surface area contributed by atoms with Gasteiger partial charge in [0.05, 0.1) is 44.1 Å². The zero-order valence-electron chi connectivity index (χ0n) is 33.2. The Morgan fingerprint density at radius 2 is 0.885 bits per heavy atom. The predicted molar refractivity (Wildman–Crippen MR) is 231 cm³/mol. The number of alkyl halides is 2. The number of rotatable bonds is 1. The number of aryl methyl sites for hydroxylation is 4. The second-order valence-electron chi connectivity index (χ2n) is 14.7. The Morgan fingerprint density at radius 3 is 1.38 bits per heavy atom. The average Bonchev–Trinajstić information content (AvgIpc) is 3.84. The fraction of sp³-hybridized carbons (Fsp3) is 0.104. The van der Waals surface area contributed by atoms with E-state index < -0.39 is 6.29 Å². The van der Waals surface area contributed by atoms with Crippen LogP contribution >= 0.6 is 0 Å². The molecule has 12 rings (SSSR count). The maximum absolute atomic E-state index is 13.3. The van der Waals surface area contributed by atoms with Crippen molar-refractivity contribution in [2.75, 3.05) is 0 Å². The number of benzene rings is 4. The van der Waals surface area contributed by atoms with Crippen LogP contribution in [0, 0.1) is 27.7 Å². The Morgan fingerprint density at radius 1 is 0.459 bits per heavy atom. The van der Waals surface area contributed by atoms with Crippen molar-refractivity contribution in [3.63, 3.8) is 0 Å². The molecule has 0 fully saturated rings. The average molecular weight is 894 g/mol. The van der Waals surface area contributed by atoms with Gasteiger partial charge in [-0.1, -0.05) is 48.5 Å². The number of hydrogen-bond donors (Lipinski definition) is 1. The number of imidazole rings is 1. The molecule has 61 heavy (non-hydrogen) atoms. The van der Waals surface area contributed by atoms with Crippen molar-refractivity contribution in [1.29, 1.82) is 0 Å². The van der Waals surface area contributed by atoms with Crippen LogP contribution in [0.3, 0.4) is 0 Å². The van der Waals surface area contributed by atoms with Gasteiger partial charge in [0.15, 0.2) is 11.5 Å². The van der Waals surface area contributed by atoms with Crippen LogP contribution in [0.4, 0.5) is 8.78 Å². The van der Waals surface area contributed by atoms with Gasteiger partial charge < -0.3 is 14.5 Å². The van der Waals surface area contributed by atoms with E-state index in [1.54, 1.807) is 18.5 Å². The zero-order valence-corrected chi connectivity index (χ0v) is 34.9. The molecule has 4 aromatic carbocycles. The summed E-state index contributed by atoms with van der Waals surface area (Å²) in [5.74, 6) is 0.494. The number of ether oxygens (including phenoxy) is 2. The third-order valence-corrected chi connectivity index (χ3v) is 10.3. The minimum atomic E-state index is -3.65. The van der Waals surface area contributed by atoms with Crippen LogP contribution < -0.4 is 9.47 Å². The first-order valence-corrected chi connectivity index (χ1v) is 19.3. The Balaban J connectivity index is 0.000000124. The molecule has 0 bridgehead atoms. The zero-order chi connectivity index (χ0) is 41.1. The van der Waals surface area contributed by atoms with Gasteiger partial charge in [0, 0.05) is 73.1 Å². The molecule has 0 saturated heterocycles. The van der Waals surface area contributed by atoms with Crippen molar-refractivity contribution < 1.29 is 37.7 Å². The van der Waals surface area contributed by atoms with Crippen molar-refractivity contribution in [1.82, 2.24) is 39.9 Å². The molecule has 0 radical (unpaired) electrons. The molecule has 0 amide bonds. The Bertz CT molecular complexity index is 3190. The monoisotopic (exact) mass is 894 g/mol. The van der Waals surface area contributed by atoms with Crippen LogP contribution in [-0.2, 0) is 19.5 Å². The summed E-state index contributed by atoms with van der Waals surface area (Å²) in [6, 6.07) is 37.1. The van der Waals surface area contributed by atoms with Crippen molar-refractivity contribution in [2.24, 2.45) is 0 Å². The van der Waals surface area contributed by atoms with Crippen LogP contribution in [-0.4, -0.2) is 46.2 Å². The number of hydrogen-bond acceptors (Lipinski definition) is 9. The van der Waals surface area contributed by atoms with Gasteiger partial charge in [0.25, 0.3) is 0 Å². The van der Waals surface area contributed by atoms with Gasteiger partial charge in [-0.2, -0.15) is 0 Å². The summed E-state index contributed by atoms with van der Waals surface area (Å²) in [6.07, 6.45) is -0.218. The number of fused-ring (bicyclic) bond motifs is 13. The van der Waals surface area contributed by atoms with E-state index in [9.17, 15) is 8.78 Å². The molecule has 0 saturated carbocycles. The third kappa shape index (κ3) is 7.42. The van der Waals surface area contributed by atoms with Crippen molar-refractivity contribution in [2.45, 2.75) is 34.0 Å². The summed E-state index contributed by atoms with van der Waals surface area (Å²) in [4.78, 5) is 35.3. The molecule has 1 aliphatic rings. The van der Waals surface area contributed by atoms with Crippen molar-refractivity contribution >= 4 is 76.5 Å². The Kier molecular flexibility index (Phi) is 9.99. The fourth-order valence-corrected chi connectivity index (χ4v) is 7.50. The SMILES string of the molecule is Cc1ccc2ccc3ccc(C)nc3c2n1.Cc1ccc2ccc3ccc(C)nc3c2n1.FC1(F)Oc2ccc(-c3nc4c5cccnc5c5ncccc5c4[nH]3)cc2O1.[Ru+2]. The quantitative estimate of drug-likeness (QED) is 0.127. The Labute approximate surface area is 359 Å². The molecule has 13 heteroatoms. The van der Waals surface area contributed by atoms with Crippen LogP contribution in [0.15, 0.2) is 128 Å². The molecule has 11 aromatic rings. The number of aromatic amines is 1. The first kappa shape index (κ1) is 39.4. The van der Waals surface area contributed by atoms with E-state index in [2.05, 4.69) is 92.9 Å². The summed E-state index contributed by atoms with van der Waals surface area (Å²) in [5.41, 5.74) is 11.8. The molecule has 0 spiro atoms. The van der Waals surface area contributed by atoms with Gasteiger partial charge in [-0.15, -0.1) is 8.78 Å². The van der Waals surface area contributed by atoms with Gasteiger partial charge in [0.2, 0.25) is 0 Å². The number of halogens is 2. The smallest absolute Gasteiger partial charge is 0.395 e. The molecular weight excluding hydrogens is 860 g/mol. The number of H-pyrrole nitrogens is 1. The second-order valence-corrected chi connectivity index (χ2v) is 14.7. The molecule has 0 aliphatic carbocycles. The number of aromatic nitrogens is 8. The molecule has 298 valence electrons. The van der Waals surface area contributed by atoms with E-state index in [4.69, 9.17) is 4.98 Å². The first-order valence-electron chi connectivity index (χ1n) is 19.3. The van der Waals surface area contributed by atoms with Gasteiger partial charge >= 0.3 is 25.8 Å². The van der Waals surface area contributed by atoms with E-state index in [0.29, 0.717) is 11.4 Å². The summed E-state index contributed by atoms with van der Waals surface area (Å²) < 4.78 is 35.6. The molecule has 7 aromatic heterocycles. The van der Waals surface area contributed by atoms with Gasteiger partial charge in [-0.25, -0.2) is 4.98 Å². The van der Waals surface area contributed by atoms with E-state index in [1.165, 1.54) is 12.1 Å². The first-order chi connectivity index (χ1) is 29.1. The maximum atomic E-state index is 13.3. The molecule has 8 heterocycles. The number of nitrogens with zero attached hydrogens (tertiary/aromatic N) is 7. The summed E-state index contributed by atoms with van der Waals surface area (Å²) in [6.45, 7) is 8.03. The minimum absolute atomic E-state index is 0. The van der Waals surface area contributed by atoms with Crippen LogP contribution in [0.5, 0.6) is 11.5 Å². The molecule has 10 nitrogen and oxygen atoms in total. The van der Waals surface area contributed by atoms with Crippen LogP contribution in [0.25, 0.3) is 87.8 Å². The third-order valence-electron chi connectivity index (χ3n) is 10.3. The number of nitrogens with one attached hydrogen (secondary N) is 1. The maximum Gasteiger partial charge on any atom is 2.00 e. The summed E-state index contributed by atoms with van der Waals surface area (Å²) >= 11 is 0. The van der Waals surface area contributed by atoms with Crippen LogP contribution in [0.2, 0.25) is 0 Å². The van der Waals surface area contributed by atoms with Gasteiger partial charge in [-0.3, -0.25) is 29.9 Å². The largest absolute Gasteiger partial charge is 2.00 e. The molecule has 1 aliphatic heterocycles. The van der Waals surface area contributed by atoms with Gasteiger partial charge in [-0.05, 0) is 94.4 Å². The summed E-state index contributed by atoms with van der Waals surface area (Å²) in [5, 5.41) is 6.34. The predicted octanol–water partition coefficient (Wildman–Crippen LogP) is 11.4. The standard InChI is InChI=1S/C20H10F2N4O2.2C14H12N2.Ru/c21-20(22)27-13-6-5-10(9-14(13)28-20)19-25-17-11-3-1-7-23-15(11)16-12(18(17)26-19)4-2-8-24-16;2*1-9-3-5-11-7-8-12-6-4-10(2)16-14(12)13(11)15-9;/h1-9H,(H,25,26);2*3-8H,1-2H3;/q;;;+2. The van der Waals surface area contributed by atoms with E-state index in [-0.39, 0.29) is 31.0 Å². The molecular formula is C48H34F2N8O2Ru+2. The minimum Gasteiger partial charge on any atom is -0.395 e. The van der Waals surface area contributed by atoms with E-state index >= 15 is 0 Å². The number of pyridine rings is 6. The Hall–Kier alpha value is -7.11. The van der Waals surface area contributed by atoms with E-state index in [0.717, 1.165) is 99.2 Å². The normalized spacial score (nSPS) is 12.7. The van der Waals surface area contributed by atoms with E-state index in [1.807, 2.05) is 76.2 Å². The van der Waals surface area contributed by atoms with Crippen molar-refractivity contribution in [3.05, 3.63) is 150 Å². The topological polar surface area (TPSA) is 124 Å².